The number of benzene rings is 2. The predicted octanol–water partition coefficient (Wildman–Crippen LogP) is 7.43. The Morgan fingerprint density at radius 3 is 2.58 bits per heavy atom. The van der Waals surface area contributed by atoms with Crippen LogP contribution in [-0.2, 0) is 23.1 Å². The van der Waals surface area contributed by atoms with Gasteiger partial charge in [-0.2, -0.15) is 0 Å². The number of phenolic OH excluding ortho intramolecular Hbond substituents is 1. The van der Waals surface area contributed by atoms with E-state index in [9.17, 15) is 9.90 Å². The molecule has 2 aromatic rings. The Kier molecular flexibility index (Phi) is 9.16. The molecule has 1 N–H and O–H groups in total. The first-order valence-electron chi connectivity index (χ1n) is 18.3. The van der Waals surface area contributed by atoms with Gasteiger partial charge >= 0.3 is 5.97 Å². The van der Waals surface area contributed by atoms with Gasteiger partial charge in [0.1, 0.15) is 11.9 Å². The highest BCUT2D eigenvalue weighted by Gasteiger charge is 2.67. The number of likely N-dealkylation sites (tertiary alicyclic amines) is 1. The van der Waals surface area contributed by atoms with Crippen LogP contribution in [0.2, 0.25) is 0 Å². The first-order valence-corrected chi connectivity index (χ1v) is 18.3. The van der Waals surface area contributed by atoms with Crippen LogP contribution in [0, 0.1) is 11.8 Å². The SMILES string of the molecule is CCCCCN(CCCCCCc1ccccc1)[C@H]1CC[C@H]2[C@H]3Cc4c(O)cc(OC(C)=O)c5c4[C@@]2(CCN3CC2CC2)[C@H]1O5. The van der Waals surface area contributed by atoms with Gasteiger partial charge < -0.3 is 14.6 Å². The fourth-order valence-electron chi connectivity index (χ4n) is 9.76. The topological polar surface area (TPSA) is 62.2 Å². The number of hydrogen-bond acceptors (Lipinski definition) is 6. The predicted molar refractivity (Wildman–Crippen MR) is 178 cm³/mol. The quantitative estimate of drug-likeness (QED) is 0.128. The van der Waals surface area contributed by atoms with Gasteiger partial charge in [0.05, 0.1) is 0 Å². The molecule has 1 spiro atoms. The highest BCUT2D eigenvalue weighted by atomic mass is 16.6. The fourth-order valence-corrected chi connectivity index (χ4v) is 9.76. The van der Waals surface area contributed by atoms with E-state index in [0.29, 0.717) is 23.8 Å². The summed E-state index contributed by atoms with van der Waals surface area (Å²) in [5.41, 5.74) is 3.57. The smallest absolute Gasteiger partial charge is 0.308 e. The van der Waals surface area contributed by atoms with Gasteiger partial charge in [-0.15, -0.1) is 0 Å². The number of ether oxygens (including phenoxy) is 2. The van der Waals surface area contributed by atoms with Crippen LogP contribution < -0.4 is 9.47 Å². The van der Waals surface area contributed by atoms with Gasteiger partial charge in [0, 0.05) is 48.2 Å². The third-order valence-corrected chi connectivity index (χ3v) is 12.0. The Balaban J connectivity index is 1.14. The summed E-state index contributed by atoms with van der Waals surface area (Å²) in [6, 6.07) is 13.3. The average Bonchev–Trinajstić information content (AvgIpc) is 3.79. The largest absolute Gasteiger partial charge is 0.508 e. The molecule has 244 valence electrons. The van der Waals surface area contributed by atoms with Gasteiger partial charge in [-0.25, -0.2) is 0 Å². The molecule has 0 radical (unpaired) electrons. The fraction of sp³-hybridized carbons (Fsp3) is 0.667. The summed E-state index contributed by atoms with van der Waals surface area (Å²) in [7, 11) is 0. The Bertz CT molecular complexity index is 1340. The van der Waals surface area contributed by atoms with Crippen LogP contribution in [0.3, 0.4) is 0 Å². The third-order valence-electron chi connectivity index (χ3n) is 12.0. The molecule has 2 saturated carbocycles. The number of phenols is 1. The highest BCUT2D eigenvalue weighted by molar-refractivity contribution is 5.73. The summed E-state index contributed by atoms with van der Waals surface area (Å²) < 4.78 is 12.9. The molecule has 2 aliphatic heterocycles. The molecular weight excluding hydrogens is 560 g/mol. The summed E-state index contributed by atoms with van der Waals surface area (Å²) in [6.45, 7) is 8.26. The number of carbonyl (C=O) groups is 1. The number of aromatic hydroxyl groups is 1. The van der Waals surface area contributed by atoms with E-state index < -0.39 is 0 Å². The molecule has 2 aromatic carbocycles. The molecule has 0 aromatic heterocycles. The van der Waals surface area contributed by atoms with Crippen LogP contribution >= 0.6 is 0 Å². The molecule has 7 rings (SSSR count). The van der Waals surface area contributed by atoms with Crippen molar-refractivity contribution in [3.05, 3.63) is 53.1 Å². The molecule has 5 aliphatic rings. The number of piperidine rings is 1. The molecule has 45 heavy (non-hydrogen) atoms. The molecule has 5 atom stereocenters. The molecule has 3 aliphatic carbocycles. The minimum absolute atomic E-state index is 0.0340. The van der Waals surface area contributed by atoms with Crippen molar-refractivity contribution in [2.45, 2.75) is 127 Å². The van der Waals surface area contributed by atoms with E-state index in [0.717, 1.165) is 56.1 Å². The van der Waals surface area contributed by atoms with Crippen molar-refractivity contribution in [2.24, 2.45) is 11.8 Å². The third kappa shape index (κ3) is 6.02. The number of rotatable bonds is 15. The van der Waals surface area contributed by atoms with E-state index in [1.54, 1.807) is 6.07 Å². The molecule has 0 amide bonds. The maximum absolute atomic E-state index is 12.2. The second kappa shape index (κ2) is 13.3. The normalized spacial score (nSPS) is 28.2. The molecule has 2 heterocycles. The monoisotopic (exact) mass is 614 g/mol. The summed E-state index contributed by atoms with van der Waals surface area (Å²) in [6.07, 6.45) is 16.9. The van der Waals surface area contributed by atoms with Crippen LogP contribution in [0.15, 0.2) is 36.4 Å². The maximum atomic E-state index is 12.2. The van der Waals surface area contributed by atoms with E-state index in [-0.39, 0.29) is 23.2 Å². The number of unbranched alkanes of at least 4 members (excludes halogenated alkanes) is 5. The zero-order valence-electron chi connectivity index (χ0n) is 27.6. The van der Waals surface area contributed by atoms with E-state index in [4.69, 9.17) is 9.47 Å². The van der Waals surface area contributed by atoms with Gasteiger partial charge in [-0.05, 0) is 101 Å². The zero-order chi connectivity index (χ0) is 31.0. The number of aryl methyl sites for hydroxylation is 1. The average molecular weight is 615 g/mol. The van der Waals surface area contributed by atoms with Crippen LogP contribution in [0.5, 0.6) is 17.2 Å². The summed E-state index contributed by atoms with van der Waals surface area (Å²) in [5, 5.41) is 11.4. The van der Waals surface area contributed by atoms with Gasteiger partial charge in [0.25, 0.3) is 0 Å². The Morgan fingerprint density at radius 1 is 1.04 bits per heavy atom. The van der Waals surface area contributed by atoms with Gasteiger partial charge in [0.2, 0.25) is 0 Å². The minimum Gasteiger partial charge on any atom is -0.508 e. The van der Waals surface area contributed by atoms with E-state index >= 15 is 0 Å². The van der Waals surface area contributed by atoms with Crippen molar-refractivity contribution in [2.75, 3.05) is 26.2 Å². The van der Waals surface area contributed by atoms with Crippen molar-refractivity contribution in [1.82, 2.24) is 9.80 Å². The Morgan fingerprint density at radius 2 is 1.82 bits per heavy atom. The first-order chi connectivity index (χ1) is 22.0. The van der Waals surface area contributed by atoms with Crippen molar-refractivity contribution >= 4 is 5.97 Å². The molecule has 1 saturated heterocycles. The standard InChI is InChI=1S/C39H54N2O4/c1-3-4-11-21-40(22-12-6-5-8-13-28-14-9-7-10-15-28)32-19-18-31-33-24-30-34(43)25-35(44-27(2)42)37-36(30)39(31,38(32)45-37)20-23-41(33)26-29-16-17-29/h7,9-10,14-15,25,29,31-33,38,43H,3-6,8,11-13,16-24,26H2,1-2H3/t31-,32-,33+,38-,39-/m0/s1. The lowest BCUT2D eigenvalue weighted by Crippen LogP contribution is -2.69. The molecule has 3 fully saturated rings. The number of hydrogen-bond donors (Lipinski definition) is 1. The van der Waals surface area contributed by atoms with Crippen molar-refractivity contribution in [1.29, 1.82) is 0 Å². The molecule has 6 nitrogen and oxygen atoms in total. The summed E-state index contributed by atoms with van der Waals surface area (Å²) >= 11 is 0. The number of nitrogens with zero attached hydrogens (tertiary/aromatic N) is 2. The maximum Gasteiger partial charge on any atom is 0.308 e. The van der Waals surface area contributed by atoms with Crippen LogP contribution in [0.4, 0.5) is 0 Å². The molecule has 6 heteroatoms. The zero-order valence-corrected chi connectivity index (χ0v) is 27.6. The molecule has 2 bridgehead atoms. The second-order valence-corrected chi connectivity index (χ2v) is 14.9. The van der Waals surface area contributed by atoms with Gasteiger partial charge in [0.15, 0.2) is 11.5 Å². The first kappa shape index (κ1) is 31.1. The lowest BCUT2D eigenvalue weighted by atomic mass is 9.50. The molecule has 0 unspecified atom stereocenters. The summed E-state index contributed by atoms with van der Waals surface area (Å²) in [5.74, 6) is 2.45. The van der Waals surface area contributed by atoms with Crippen LogP contribution in [-0.4, -0.2) is 65.2 Å². The number of carbonyl (C=O) groups excluding carboxylic acids is 1. The van der Waals surface area contributed by atoms with E-state index in [1.165, 1.54) is 95.2 Å². The summed E-state index contributed by atoms with van der Waals surface area (Å²) in [4.78, 5) is 17.8. The Hall–Kier alpha value is -2.57. The van der Waals surface area contributed by atoms with Crippen LogP contribution in [0.25, 0.3) is 0 Å². The van der Waals surface area contributed by atoms with Crippen molar-refractivity contribution in [3.63, 3.8) is 0 Å². The highest BCUT2D eigenvalue weighted by Crippen LogP contribution is 2.66. The Labute approximate surface area is 270 Å². The van der Waals surface area contributed by atoms with E-state index in [1.807, 2.05) is 0 Å². The molecular formula is C39H54N2O4. The number of esters is 1. The van der Waals surface area contributed by atoms with Crippen LogP contribution in [0.1, 0.15) is 108 Å². The second-order valence-electron chi connectivity index (χ2n) is 14.9. The van der Waals surface area contributed by atoms with Gasteiger partial charge in [-0.1, -0.05) is 62.9 Å². The minimum atomic E-state index is -0.365. The van der Waals surface area contributed by atoms with E-state index in [2.05, 4.69) is 47.1 Å². The lowest BCUT2D eigenvalue weighted by Gasteiger charge is -2.60. The van der Waals surface area contributed by atoms with Crippen molar-refractivity contribution in [3.8, 4) is 17.2 Å². The lowest BCUT2D eigenvalue weighted by molar-refractivity contribution is -0.132. The van der Waals surface area contributed by atoms with Gasteiger partial charge in [-0.3, -0.25) is 14.6 Å². The van der Waals surface area contributed by atoms with Crippen molar-refractivity contribution < 1.29 is 19.4 Å².